The molecule has 0 saturated carbocycles. The van der Waals surface area contributed by atoms with E-state index in [2.05, 4.69) is 0 Å². The van der Waals surface area contributed by atoms with Gasteiger partial charge in [-0.3, -0.25) is 4.79 Å². The summed E-state index contributed by atoms with van der Waals surface area (Å²) >= 11 is 5.89. The molecule has 0 unspecified atom stereocenters. The van der Waals surface area contributed by atoms with Crippen LogP contribution in [0.25, 0.3) is 11.0 Å². The quantitative estimate of drug-likeness (QED) is 0.625. The molecule has 2 heterocycles. The summed E-state index contributed by atoms with van der Waals surface area (Å²) in [5, 5.41) is 1.52. The molecule has 0 spiro atoms. The summed E-state index contributed by atoms with van der Waals surface area (Å²) < 4.78 is 11.7. The van der Waals surface area contributed by atoms with E-state index in [1.807, 2.05) is 19.1 Å². The van der Waals surface area contributed by atoms with Crippen LogP contribution in [0.1, 0.15) is 33.7 Å². The summed E-state index contributed by atoms with van der Waals surface area (Å²) in [5.41, 5.74) is 3.27. The number of hydrogen-bond donors (Lipinski definition) is 0. The highest BCUT2D eigenvalue weighted by Gasteiger charge is 2.24. The number of hydrogen-bond acceptors (Lipinski definition) is 3. The van der Waals surface area contributed by atoms with Crippen molar-refractivity contribution in [2.45, 2.75) is 19.8 Å². The molecule has 3 nitrogen and oxygen atoms in total. The van der Waals surface area contributed by atoms with Crippen LogP contribution >= 0.6 is 11.6 Å². The number of carbonyl (C=O) groups is 1. The molecule has 0 radical (unpaired) electrons. The zero-order valence-corrected chi connectivity index (χ0v) is 13.4. The van der Waals surface area contributed by atoms with Gasteiger partial charge in [0.15, 0.2) is 5.76 Å². The third-order valence-corrected chi connectivity index (χ3v) is 4.53. The van der Waals surface area contributed by atoms with Crippen molar-refractivity contribution >= 4 is 28.4 Å². The van der Waals surface area contributed by atoms with E-state index >= 15 is 0 Å². The predicted octanol–water partition coefficient (Wildman–Crippen LogP) is 4.95. The van der Waals surface area contributed by atoms with E-state index in [1.54, 1.807) is 24.3 Å². The molecule has 0 fully saturated rings. The third kappa shape index (κ3) is 2.32. The molecule has 2 aromatic carbocycles. The smallest absolute Gasteiger partial charge is 0.228 e. The molecule has 1 aliphatic rings. The lowest BCUT2D eigenvalue weighted by Crippen LogP contribution is -2.08. The van der Waals surface area contributed by atoms with Crippen molar-refractivity contribution in [3.8, 4) is 5.75 Å². The first kappa shape index (κ1) is 14.3. The Kier molecular flexibility index (Phi) is 3.38. The first-order valence-electron chi connectivity index (χ1n) is 7.63. The van der Waals surface area contributed by atoms with E-state index in [-0.39, 0.29) is 5.78 Å². The molecule has 3 aromatic rings. The Morgan fingerprint density at radius 3 is 2.70 bits per heavy atom. The second-order valence-corrected chi connectivity index (χ2v) is 6.21. The molecule has 4 rings (SSSR count). The maximum atomic E-state index is 12.7. The lowest BCUT2D eigenvalue weighted by molar-refractivity contribution is 0.101. The van der Waals surface area contributed by atoms with Crippen molar-refractivity contribution < 1.29 is 13.9 Å². The first-order valence-corrected chi connectivity index (χ1v) is 8.01. The number of rotatable bonds is 2. The van der Waals surface area contributed by atoms with Gasteiger partial charge in [-0.1, -0.05) is 17.7 Å². The van der Waals surface area contributed by atoms with Gasteiger partial charge in [0.25, 0.3) is 0 Å². The Labute approximate surface area is 138 Å². The number of benzene rings is 2. The summed E-state index contributed by atoms with van der Waals surface area (Å²) in [5.74, 6) is 1.09. The van der Waals surface area contributed by atoms with Crippen molar-refractivity contribution in [1.82, 2.24) is 0 Å². The zero-order chi connectivity index (χ0) is 16.0. The van der Waals surface area contributed by atoms with Crippen LogP contribution < -0.4 is 4.74 Å². The Bertz CT molecular complexity index is 907. The van der Waals surface area contributed by atoms with E-state index in [0.29, 0.717) is 28.5 Å². The van der Waals surface area contributed by atoms with Crippen molar-refractivity contribution in [1.29, 1.82) is 0 Å². The fourth-order valence-corrected chi connectivity index (χ4v) is 3.22. The number of halogens is 1. The van der Waals surface area contributed by atoms with Crippen LogP contribution in [0.5, 0.6) is 5.75 Å². The largest absolute Gasteiger partial charge is 0.493 e. The van der Waals surface area contributed by atoms with E-state index < -0.39 is 0 Å². The van der Waals surface area contributed by atoms with Crippen LogP contribution in [-0.4, -0.2) is 12.4 Å². The SMILES string of the molecule is Cc1c(C(=O)c2ccc(Cl)cc2)oc2ccc3c(c12)OCCC3. The van der Waals surface area contributed by atoms with Crippen LogP contribution in [0.2, 0.25) is 5.02 Å². The van der Waals surface area contributed by atoms with Gasteiger partial charge in [-0.05, 0) is 55.7 Å². The Hall–Kier alpha value is -2.26. The highest BCUT2D eigenvalue weighted by molar-refractivity contribution is 6.30. The van der Waals surface area contributed by atoms with Crippen LogP contribution in [-0.2, 0) is 6.42 Å². The molecule has 0 saturated heterocycles. The van der Waals surface area contributed by atoms with Crippen molar-refractivity contribution in [3.05, 3.63) is 63.9 Å². The van der Waals surface area contributed by atoms with Gasteiger partial charge < -0.3 is 9.15 Å². The lowest BCUT2D eigenvalue weighted by atomic mass is 10.00. The van der Waals surface area contributed by atoms with Gasteiger partial charge in [-0.15, -0.1) is 0 Å². The summed E-state index contributed by atoms with van der Waals surface area (Å²) in [4.78, 5) is 12.7. The molecule has 1 aromatic heterocycles. The number of ketones is 1. The fraction of sp³-hybridized carbons (Fsp3) is 0.211. The molecular weight excluding hydrogens is 312 g/mol. The van der Waals surface area contributed by atoms with Crippen LogP contribution in [0.3, 0.4) is 0 Å². The molecule has 0 N–H and O–H groups in total. The van der Waals surface area contributed by atoms with Crippen molar-refractivity contribution in [2.75, 3.05) is 6.61 Å². The summed E-state index contributed by atoms with van der Waals surface area (Å²) in [6, 6.07) is 10.8. The van der Waals surface area contributed by atoms with E-state index in [9.17, 15) is 4.79 Å². The van der Waals surface area contributed by atoms with Gasteiger partial charge in [0.1, 0.15) is 11.3 Å². The highest BCUT2D eigenvalue weighted by Crippen LogP contribution is 2.38. The maximum absolute atomic E-state index is 12.7. The zero-order valence-electron chi connectivity index (χ0n) is 12.7. The van der Waals surface area contributed by atoms with Gasteiger partial charge in [0.2, 0.25) is 5.78 Å². The maximum Gasteiger partial charge on any atom is 0.228 e. The van der Waals surface area contributed by atoms with Crippen molar-refractivity contribution in [3.63, 3.8) is 0 Å². The number of furan rings is 1. The van der Waals surface area contributed by atoms with Crippen LogP contribution in [0.15, 0.2) is 40.8 Å². The van der Waals surface area contributed by atoms with Gasteiger partial charge in [-0.25, -0.2) is 0 Å². The molecule has 0 amide bonds. The normalized spacial score (nSPS) is 13.7. The van der Waals surface area contributed by atoms with E-state index in [1.165, 1.54) is 5.56 Å². The molecule has 0 atom stereocenters. The predicted molar refractivity (Wildman–Crippen MR) is 89.7 cm³/mol. The fourth-order valence-electron chi connectivity index (χ4n) is 3.10. The van der Waals surface area contributed by atoms with Crippen LogP contribution in [0.4, 0.5) is 0 Å². The van der Waals surface area contributed by atoms with Gasteiger partial charge in [0, 0.05) is 16.1 Å². The summed E-state index contributed by atoms with van der Waals surface area (Å²) in [6.45, 7) is 2.62. The molecule has 4 heteroatoms. The number of fused-ring (bicyclic) bond motifs is 3. The first-order chi connectivity index (χ1) is 11.1. The second-order valence-electron chi connectivity index (χ2n) is 5.77. The second kappa shape index (κ2) is 5.43. The number of aryl methyl sites for hydroxylation is 2. The molecule has 0 bridgehead atoms. The highest BCUT2D eigenvalue weighted by atomic mass is 35.5. The van der Waals surface area contributed by atoms with Gasteiger partial charge >= 0.3 is 0 Å². The average Bonchev–Trinajstić information content (AvgIpc) is 2.92. The standard InChI is InChI=1S/C19H15ClO3/c1-11-16-15(9-6-13-3-2-10-22-19(13)16)23-18(11)17(21)12-4-7-14(20)8-5-12/h4-9H,2-3,10H2,1H3. The Morgan fingerprint density at radius 1 is 1.13 bits per heavy atom. The summed E-state index contributed by atoms with van der Waals surface area (Å²) in [7, 11) is 0. The Balaban J connectivity index is 1.86. The minimum absolute atomic E-state index is 0.139. The molecular formula is C19H15ClO3. The monoisotopic (exact) mass is 326 g/mol. The Morgan fingerprint density at radius 2 is 1.91 bits per heavy atom. The van der Waals surface area contributed by atoms with Crippen molar-refractivity contribution in [2.24, 2.45) is 0 Å². The third-order valence-electron chi connectivity index (χ3n) is 4.28. The minimum Gasteiger partial charge on any atom is -0.493 e. The van der Waals surface area contributed by atoms with Gasteiger partial charge in [-0.2, -0.15) is 0 Å². The molecule has 0 aliphatic carbocycles. The van der Waals surface area contributed by atoms with E-state index in [0.717, 1.165) is 29.5 Å². The molecule has 116 valence electrons. The molecule has 1 aliphatic heterocycles. The molecule has 23 heavy (non-hydrogen) atoms. The van der Waals surface area contributed by atoms with Gasteiger partial charge in [0.05, 0.1) is 12.0 Å². The number of ether oxygens (including phenoxy) is 1. The van der Waals surface area contributed by atoms with E-state index in [4.69, 9.17) is 20.8 Å². The average molecular weight is 327 g/mol. The summed E-state index contributed by atoms with van der Waals surface area (Å²) in [6.07, 6.45) is 2.02. The lowest BCUT2D eigenvalue weighted by Gasteiger charge is -2.17. The topological polar surface area (TPSA) is 39.4 Å². The van der Waals surface area contributed by atoms with Crippen LogP contribution in [0, 0.1) is 6.92 Å². The number of carbonyl (C=O) groups excluding carboxylic acids is 1. The minimum atomic E-state index is -0.139.